The first-order chi connectivity index (χ1) is 12.3. The van der Waals surface area contributed by atoms with Gasteiger partial charge in [0, 0.05) is 0 Å². The van der Waals surface area contributed by atoms with Gasteiger partial charge in [-0.2, -0.15) is 0 Å². The number of rotatable bonds is 2. The van der Waals surface area contributed by atoms with Crippen LogP contribution < -0.4 is 0 Å². The maximum atomic E-state index is 12.4. The van der Waals surface area contributed by atoms with Gasteiger partial charge in [0.1, 0.15) is 6.10 Å². The van der Waals surface area contributed by atoms with Crippen molar-refractivity contribution in [2.75, 3.05) is 0 Å². The van der Waals surface area contributed by atoms with Gasteiger partial charge in [-0.25, -0.2) is 0 Å². The molecule has 0 N–H and O–H groups in total. The second kappa shape index (κ2) is 5.40. The molecule has 122 valence electrons. The van der Waals surface area contributed by atoms with Gasteiger partial charge in [0.2, 0.25) is 0 Å². The highest BCUT2D eigenvalue weighted by Crippen LogP contribution is 2.53. The molecule has 25 heavy (non-hydrogen) atoms. The van der Waals surface area contributed by atoms with Crippen LogP contribution in [0.3, 0.4) is 0 Å². The van der Waals surface area contributed by atoms with Gasteiger partial charge in [-0.15, -0.1) is 0 Å². The maximum Gasteiger partial charge on any atom is 0.188 e. The number of allylic oxidation sites excluding steroid dienone is 2. The summed E-state index contributed by atoms with van der Waals surface area (Å²) >= 11 is 0. The largest absolute Gasteiger partial charge is 0.357 e. The lowest BCUT2D eigenvalue weighted by atomic mass is 9.62. The highest BCUT2D eigenvalue weighted by atomic mass is 16.5. The Kier molecular flexibility index (Phi) is 3.16. The summed E-state index contributed by atoms with van der Waals surface area (Å²) in [4.78, 5) is 12.4. The third kappa shape index (κ3) is 1.92. The molecule has 2 heteroatoms. The van der Waals surface area contributed by atoms with Gasteiger partial charge in [-0.05, 0) is 34.8 Å². The van der Waals surface area contributed by atoms with E-state index in [-0.39, 0.29) is 11.9 Å². The molecule has 0 saturated carbocycles. The average Bonchev–Trinajstić information content (AvgIpc) is 3.16. The van der Waals surface area contributed by atoms with E-state index in [0.29, 0.717) is 0 Å². The second-order valence-electron chi connectivity index (χ2n) is 6.78. The summed E-state index contributed by atoms with van der Waals surface area (Å²) in [7, 11) is 0. The van der Waals surface area contributed by atoms with Crippen molar-refractivity contribution in [3.05, 3.63) is 107 Å². The average molecular weight is 326 g/mol. The molecular weight excluding hydrogens is 308 g/mol. The SMILES string of the molecule is O=C1C=CC2OC1C1=C(C=CC1)C2(c1ccccc1)c1ccccc1. The molecular formula is C23H18O2. The minimum Gasteiger partial charge on any atom is -0.357 e. The zero-order chi connectivity index (χ0) is 16.9. The van der Waals surface area contributed by atoms with E-state index in [1.54, 1.807) is 6.08 Å². The van der Waals surface area contributed by atoms with Crippen LogP contribution in [0.2, 0.25) is 0 Å². The molecule has 2 atom stereocenters. The molecule has 0 saturated heterocycles. The van der Waals surface area contributed by atoms with Gasteiger partial charge >= 0.3 is 0 Å². The summed E-state index contributed by atoms with van der Waals surface area (Å²) in [5.74, 6) is 0.0576. The van der Waals surface area contributed by atoms with E-state index in [0.717, 1.165) is 12.0 Å². The minimum atomic E-state index is -0.430. The summed E-state index contributed by atoms with van der Waals surface area (Å²) in [5, 5.41) is 0. The summed E-state index contributed by atoms with van der Waals surface area (Å²) in [6, 6.07) is 21.0. The molecule has 0 aromatic heterocycles. The van der Waals surface area contributed by atoms with E-state index in [4.69, 9.17) is 4.74 Å². The van der Waals surface area contributed by atoms with Crippen LogP contribution in [0, 0.1) is 0 Å². The molecule has 2 unspecified atom stereocenters. The first kappa shape index (κ1) is 14.6. The van der Waals surface area contributed by atoms with E-state index in [9.17, 15) is 4.79 Å². The lowest BCUT2D eigenvalue weighted by Gasteiger charge is -2.48. The zero-order valence-electron chi connectivity index (χ0n) is 13.8. The summed E-state index contributed by atoms with van der Waals surface area (Å²) in [6.45, 7) is 0. The van der Waals surface area contributed by atoms with Gasteiger partial charge in [-0.1, -0.05) is 78.9 Å². The number of benzene rings is 2. The van der Waals surface area contributed by atoms with Crippen LogP contribution in [-0.2, 0) is 14.9 Å². The maximum absolute atomic E-state index is 12.4. The number of carbonyl (C=O) groups excluding carboxylic acids is 1. The molecule has 0 fully saturated rings. The van der Waals surface area contributed by atoms with Crippen LogP contribution in [0.25, 0.3) is 0 Å². The zero-order valence-corrected chi connectivity index (χ0v) is 13.8. The number of hydrogen-bond acceptors (Lipinski definition) is 2. The van der Waals surface area contributed by atoms with Crippen LogP contribution in [0.4, 0.5) is 0 Å². The van der Waals surface area contributed by atoms with Crippen LogP contribution in [0.1, 0.15) is 17.5 Å². The standard InChI is InChI=1S/C23H18O2/c24-20-14-15-21-23(16-8-3-1-4-9-16,17-10-5-2-6-11-17)19-13-7-12-18(19)22(20)25-21/h1-11,13-15,21-22H,12H2. The van der Waals surface area contributed by atoms with Gasteiger partial charge in [0.05, 0.1) is 11.5 Å². The first-order valence-electron chi connectivity index (χ1n) is 8.70. The molecule has 2 bridgehead atoms. The second-order valence-corrected chi connectivity index (χ2v) is 6.78. The first-order valence-corrected chi connectivity index (χ1v) is 8.70. The fourth-order valence-corrected chi connectivity index (χ4v) is 4.54. The Morgan fingerprint density at radius 1 is 0.880 bits per heavy atom. The van der Waals surface area contributed by atoms with Gasteiger partial charge in [0.25, 0.3) is 0 Å². The fourth-order valence-electron chi connectivity index (χ4n) is 4.54. The lowest BCUT2D eigenvalue weighted by Crippen LogP contribution is -2.52. The Balaban J connectivity index is 1.87. The minimum absolute atomic E-state index is 0.0576. The number of fused-ring (bicyclic) bond motifs is 3. The van der Waals surface area contributed by atoms with Crippen molar-refractivity contribution >= 4 is 5.78 Å². The molecule has 3 aliphatic rings. The van der Waals surface area contributed by atoms with Crippen LogP contribution >= 0.6 is 0 Å². The molecule has 1 aliphatic carbocycles. The van der Waals surface area contributed by atoms with Crippen molar-refractivity contribution < 1.29 is 9.53 Å². The van der Waals surface area contributed by atoms with Gasteiger partial charge in [-0.3, -0.25) is 4.79 Å². The highest BCUT2D eigenvalue weighted by Gasteiger charge is 2.53. The quantitative estimate of drug-likeness (QED) is 0.829. The normalized spacial score (nSPS) is 26.0. The Hall–Kier alpha value is -2.71. The molecule has 5 rings (SSSR count). The van der Waals surface area contributed by atoms with Crippen molar-refractivity contribution in [2.24, 2.45) is 0 Å². The molecule has 0 radical (unpaired) electrons. The van der Waals surface area contributed by atoms with Crippen molar-refractivity contribution in [1.82, 2.24) is 0 Å². The molecule has 0 spiro atoms. The van der Waals surface area contributed by atoms with Crippen molar-refractivity contribution in [3.8, 4) is 0 Å². The summed E-state index contributed by atoms with van der Waals surface area (Å²) < 4.78 is 6.34. The van der Waals surface area contributed by atoms with Crippen LogP contribution in [0.15, 0.2) is 96.1 Å². The number of carbonyl (C=O) groups is 1. The van der Waals surface area contributed by atoms with Crippen molar-refractivity contribution in [1.29, 1.82) is 0 Å². The molecule has 2 nitrogen and oxygen atoms in total. The number of hydrogen-bond donors (Lipinski definition) is 0. The van der Waals surface area contributed by atoms with E-state index in [2.05, 4.69) is 60.7 Å². The molecule has 0 amide bonds. The summed E-state index contributed by atoms with van der Waals surface area (Å²) in [5.41, 5.74) is 4.31. The predicted octanol–water partition coefficient (Wildman–Crippen LogP) is 4.14. The Morgan fingerprint density at radius 2 is 1.52 bits per heavy atom. The van der Waals surface area contributed by atoms with Crippen LogP contribution in [-0.4, -0.2) is 18.0 Å². The monoisotopic (exact) mass is 326 g/mol. The number of ketones is 1. The van der Waals surface area contributed by atoms with E-state index < -0.39 is 11.5 Å². The molecule has 2 heterocycles. The fraction of sp³-hybridized carbons (Fsp3) is 0.174. The Labute approximate surface area is 147 Å². The van der Waals surface area contributed by atoms with E-state index in [1.807, 2.05) is 18.2 Å². The van der Waals surface area contributed by atoms with Gasteiger partial charge < -0.3 is 4.74 Å². The highest BCUT2D eigenvalue weighted by molar-refractivity contribution is 5.98. The molecule has 2 aromatic rings. The van der Waals surface area contributed by atoms with Gasteiger partial charge in [0.15, 0.2) is 5.78 Å². The summed E-state index contributed by atoms with van der Waals surface area (Å²) in [6.07, 6.45) is 8.17. The molecule has 2 aromatic carbocycles. The van der Waals surface area contributed by atoms with E-state index >= 15 is 0 Å². The predicted molar refractivity (Wildman–Crippen MR) is 97.3 cm³/mol. The Bertz CT molecular complexity index is 880. The topological polar surface area (TPSA) is 26.3 Å². The smallest absolute Gasteiger partial charge is 0.188 e. The van der Waals surface area contributed by atoms with Crippen molar-refractivity contribution in [3.63, 3.8) is 0 Å². The Morgan fingerprint density at radius 3 is 2.16 bits per heavy atom. The van der Waals surface area contributed by atoms with Crippen LogP contribution in [0.5, 0.6) is 0 Å². The van der Waals surface area contributed by atoms with E-state index in [1.165, 1.54) is 16.7 Å². The molecule has 2 aliphatic heterocycles. The number of ether oxygens (including phenoxy) is 1. The third-order valence-corrected chi connectivity index (χ3v) is 5.57. The third-order valence-electron chi connectivity index (χ3n) is 5.57. The van der Waals surface area contributed by atoms with Crippen molar-refractivity contribution in [2.45, 2.75) is 24.0 Å². The lowest BCUT2D eigenvalue weighted by molar-refractivity contribution is -0.130.